The lowest BCUT2D eigenvalue weighted by molar-refractivity contribution is -0.139. The minimum atomic E-state index is -4.43. The third-order valence-corrected chi connectivity index (χ3v) is 3.59. The number of nitrogens with one attached hydrogen (secondary N) is 3. The number of thioether (sulfide) groups is 1. The van der Waals surface area contributed by atoms with E-state index < -0.39 is 23.2 Å². The molecule has 1 heterocycles. The van der Waals surface area contributed by atoms with Gasteiger partial charge in [0.1, 0.15) is 5.76 Å². The molecule has 138 valence electrons. The van der Waals surface area contributed by atoms with E-state index in [1.165, 1.54) is 6.26 Å². The van der Waals surface area contributed by atoms with Crippen molar-refractivity contribution < 1.29 is 32.0 Å². The Bertz CT molecular complexity index is 776. The van der Waals surface area contributed by atoms with Crippen molar-refractivity contribution in [2.45, 2.75) is 16.9 Å². The maximum absolute atomic E-state index is 12.2. The van der Waals surface area contributed by atoms with Crippen molar-refractivity contribution in [1.82, 2.24) is 16.2 Å². The monoisotopic (exact) mass is 387 g/mol. The Morgan fingerprint density at radius 2 is 1.69 bits per heavy atom. The van der Waals surface area contributed by atoms with E-state index in [2.05, 4.69) is 5.32 Å². The fraction of sp³-hybridized carbons (Fsp3) is 0.133. The van der Waals surface area contributed by atoms with Crippen molar-refractivity contribution in [3.8, 4) is 0 Å². The number of furan rings is 1. The third kappa shape index (κ3) is 6.16. The molecule has 0 bridgehead atoms. The highest BCUT2D eigenvalue weighted by Crippen LogP contribution is 2.36. The van der Waals surface area contributed by atoms with Gasteiger partial charge in [-0.3, -0.25) is 25.2 Å². The van der Waals surface area contributed by atoms with Crippen LogP contribution in [0.1, 0.15) is 16.1 Å². The minimum absolute atomic E-state index is 0.00724. The highest BCUT2D eigenvalue weighted by atomic mass is 32.2. The summed E-state index contributed by atoms with van der Waals surface area (Å²) in [4.78, 5) is 34.8. The van der Waals surface area contributed by atoms with E-state index >= 15 is 0 Å². The van der Waals surface area contributed by atoms with Crippen LogP contribution >= 0.6 is 11.8 Å². The molecular weight excluding hydrogens is 375 g/mol. The van der Waals surface area contributed by atoms with Crippen molar-refractivity contribution in [1.29, 1.82) is 0 Å². The second-order valence-electron chi connectivity index (χ2n) is 4.74. The quantitative estimate of drug-likeness (QED) is 0.423. The van der Waals surface area contributed by atoms with Gasteiger partial charge < -0.3 is 9.73 Å². The van der Waals surface area contributed by atoms with Crippen LogP contribution in [0.4, 0.5) is 13.2 Å². The summed E-state index contributed by atoms with van der Waals surface area (Å²) in [6, 6.07) is 7.76. The number of hydrogen-bond donors (Lipinski definition) is 3. The summed E-state index contributed by atoms with van der Waals surface area (Å²) in [5.74, 6) is -2.47. The molecule has 0 saturated carbocycles. The summed E-state index contributed by atoms with van der Waals surface area (Å²) in [5.41, 5.74) is -0.537. The predicted octanol–water partition coefficient (Wildman–Crippen LogP) is 1.97. The summed E-state index contributed by atoms with van der Waals surface area (Å²) in [5, 5.41) is 2.27. The topological polar surface area (TPSA) is 100 Å². The van der Waals surface area contributed by atoms with Gasteiger partial charge in [0.25, 0.3) is 5.91 Å². The third-order valence-electron chi connectivity index (χ3n) is 2.85. The maximum Gasteiger partial charge on any atom is 0.446 e. The van der Waals surface area contributed by atoms with Crippen LogP contribution in [0.3, 0.4) is 0 Å². The predicted molar refractivity (Wildman–Crippen MR) is 84.5 cm³/mol. The lowest BCUT2D eigenvalue weighted by Gasteiger charge is -2.08. The first-order valence-electron chi connectivity index (χ1n) is 7.01. The number of carbonyl (C=O) groups is 3. The second-order valence-corrected chi connectivity index (χ2v) is 5.88. The van der Waals surface area contributed by atoms with Gasteiger partial charge >= 0.3 is 17.3 Å². The number of carbonyl (C=O) groups excluding carboxylic acids is 3. The van der Waals surface area contributed by atoms with Crippen LogP contribution in [0.15, 0.2) is 52.0 Å². The Morgan fingerprint density at radius 1 is 1.00 bits per heavy atom. The fourth-order valence-electron chi connectivity index (χ4n) is 1.71. The van der Waals surface area contributed by atoms with Crippen LogP contribution in [0.2, 0.25) is 0 Å². The van der Waals surface area contributed by atoms with E-state index in [1.807, 2.05) is 10.9 Å². The van der Waals surface area contributed by atoms with E-state index in [9.17, 15) is 27.6 Å². The fourth-order valence-corrected chi connectivity index (χ4v) is 2.25. The van der Waals surface area contributed by atoms with E-state index in [-0.39, 0.29) is 28.8 Å². The van der Waals surface area contributed by atoms with E-state index in [0.717, 1.165) is 24.3 Å². The summed E-state index contributed by atoms with van der Waals surface area (Å²) in [6.07, 6.45) is 1.40. The van der Waals surface area contributed by atoms with E-state index in [0.29, 0.717) is 5.76 Å². The Kier molecular flexibility index (Phi) is 6.28. The molecule has 0 fully saturated rings. The first-order chi connectivity index (χ1) is 12.2. The first-order valence-corrected chi connectivity index (χ1v) is 7.83. The lowest BCUT2D eigenvalue weighted by atomic mass is 10.2. The van der Waals surface area contributed by atoms with E-state index in [4.69, 9.17) is 4.42 Å². The van der Waals surface area contributed by atoms with Crippen LogP contribution in [0.25, 0.3) is 0 Å². The number of halogens is 3. The zero-order chi connectivity index (χ0) is 19.2. The van der Waals surface area contributed by atoms with Crippen molar-refractivity contribution >= 4 is 29.5 Å². The van der Waals surface area contributed by atoms with Gasteiger partial charge in [-0.05, 0) is 48.2 Å². The van der Waals surface area contributed by atoms with Crippen LogP contribution in [-0.2, 0) is 16.1 Å². The van der Waals surface area contributed by atoms with Gasteiger partial charge in [0.2, 0.25) is 0 Å². The summed E-state index contributed by atoms with van der Waals surface area (Å²) < 4.78 is 41.7. The molecule has 0 saturated heterocycles. The normalized spacial score (nSPS) is 10.9. The molecule has 0 aliphatic heterocycles. The molecule has 2 aromatic rings. The van der Waals surface area contributed by atoms with E-state index in [1.54, 1.807) is 12.1 Å². The largest absolute Gasteiger partial charge is 0.467 e. The summed E-state index contributed by atoms with van der Waals surface area (Å²) >= 11 is -0.314. The Morgan fingerprint density at radius 3 is 2.27 bits per heavy atom. The molecule has 0 aliphatic rings. The average Bonchev–Trinajstić information content (AvgIpc) is 3.10. The number of hydrogen-bond acceptors (Lipinski definition) is 5. The van der Waals surface area contributed by atoms with Crippen LogP contribution < -0.4 is 16.2 Å². The molecule has 1 aromatic carbocycles. The number of rotatable bonds is 4. The summed E-state index contributed by atoms with van der Waals surface area (Å²) in [6.45, 7) is -0.00840. The molecule has 0 radical (unpaired) electrons. The molecule has 7 nitrogen and oxygen atoms in total. The lowest BCUT2D eigenvalue weighted by Crippen LogP contribution is -2.48. The van der Waals surface area contributed by atoms with Gasteiger partial charge in [-0.25, -0.2) is 0 Å². The first kappa shape index (κ1) is 19.4. The average molecular weight is 387 g/mol. The zero-order valence-electron chi connectivity index (χ0n) is 12.9. The summed E-state index contributed by atoms with van der Waals surface area (Å²) in [7, 11) is 0. The van der Waals surface area contributed by atoms with Crippen LogP contribution in [-0.4, -0.2) is 23.2 Å². The molecule has 0 spiro atoms. The SMILES string of the molecule is O=C(NCc1ccco1)C(=O)NNC(=O)c1ccc(SC(F)(F)F)cc1. The molecule has 0 unspecified atom stereocenters. The Hall–Kier alpha value is -2.95. The minimum Gasteiger partial charge on any atom is -0.467 e. The maximum atomic E-state index is 12.2. The molecule has 1 aromatic heterocycles. The Balaban J connectivity index is 1.79. The number of amides is 3. The van der Waals surface area contributed by atoms with Gasteiger partial charge in [0, 0.05) is 10.5 Å². The van der Waals surface area contributed by atoms with Crippen LogP contribution in [0, 0.1) is 0 Å². The van der Waals surface area contributed by atoms with Gasteiger partial charge in [-0.1, -0.05) is 0 Å². The van der Waals surface area contributed by atoms with Gasteiger partial charge in [-0.2, -0.15) is 13.2 Å². The molecule has 3 N–H and O–H groups in total. The van der Waals surface area contributed by atoms with Crippen LogP contribution in [0.5, 0.6) is 0 Å². The highest BCUT2D eigenvalue weighted by Gasteiger charge is 2.29. The molecule has 26 heavy (non-hydrogen) atoms. The van der Waals surface area contributed by atoms with Crippen molar-refractivity contribution in [3.63, 3.8) is 0 Å². The number of hydrazine groups is 1. The zero-order valence-corrected chi connectivity index (χ0v) is 13.7. The van der Waals surface area contributed by atoms with Gasteiger partial charge in [-0.15, -0.1) is 0 Å². The van der Waals surface area contributed by atoms with Crippen molar-refractivity contribution in [2.24, 2.45) is 0 Å². The molecule has 0 atom stereocenters. The Labute approximate surface area is 149 Å². The number of alkyl halides is 3. The molecule has 11 heteroatoms. The molecule has 0 aliphatic carbocycles. The molecule has 3 amide bonds. The van der Waals surface area contributed by atoms with Crippen molar-refractivity contribution in [2.75, 3.05) is 0 Å². The molecule has 2 rings (SSSR count). The smallest absolute Gasteiger partial charge is 0.446 e. The highest BCUT2D eigenvalue weighted by molar-refractivity contribution is 8.00. The molecular formula is C15H12F3N3O4S. The number of benzene rings is 1. The van der Waals surface area contributed by atoms with Gasteiger partial charge in [0.05, 0.1) is 12.8 Å². The van der Waals surface area contributed by atoms with Gasteiger partial charge in [0.15, 0.2) is 0 Å². The standard InChI is InChI=1S/C15H12F3N3O4S/c16-15(17,18)26-11-5-3-9(4-6-11)12(22)20-21-14(24)13(23)19-8-10-2-1-7-25-10/h1-7H,8H2,(H,19,23)(H,20,22)(H,21,24). The second kappa shape index (κ2) is 8.43. The van der Waals surface area contributed by atoms with Crippen molar-refractivity contribution in [3.05, 3.63) is 54.0 Å².